The van der Waals surface area contributed by atoms with Gasteiger partial charge in [-0.1, -0.05) is 0 Å². The van der Waals surface area contributed by atoms with Crippen LogP contribution < -0.4 is 3.86 Å². The Labute approximate surface area is 232 Å². The van der Waals surface area contributed by atoms with Gasteiger partial charge in [-0.05, 0) is 0 Å². The second-order valence-electron chi connectivity index (χ2n) is 11.6. The summed E-state index contributed by atoms with van der Waals surface area (Å²) in [6, 6.07) is 14.0. The van der Waals surface area contributed by atoms with Crippen molar-refractivity contribution in [3.05, 3.63) is 58.7 Å². The van der Waals surface area contributed by atoms with Gasteiger partial charge in [-0.15, -0.1) is 0 Å². The third-order valence-corrected chi connectivity index (χ3v) is 8.87. The Bertz CT molecular complexity index is 964. The van der Waals surface area contributed by atoms with Gasteiger partial charge in [0.15, 0.2) is 0 Å². The molecule has 0 aliphatic carbocycles. The van der Waals surface area contributed by atoms with Crippen molar-refractivity contribution in [2.45, 2.75) is 119 Å². The minimum atomic E-state index is -1.03. The molecule has 0 saturated carbocycles. The number of hydrogen-bond acceptors (Lipinski definition) is 1. The number of anilines is 1. The van der Waals surface area contributed by atoms with Gasteiger partial charge in [0, 0.05) is 0 Å². The number of nitrogens with zero attached hydrogens (tertiary/aromatic N) is 3. The van der Waals surface area contributed by atoms with E-state index in [-0.39, 0.29) is 12.1 Å². The fraction of sp³-hybridized carbons (Fsp3) is 0.581. The third-order valence-electron chi connectivity index (χ3n) is 6.75. The maximum atomic E-state index is 7.02. The normalized spacial score (nSPS) is 12.7. The Hall–Kier alpha value is -1.46. The molecule has 0 aliphatic heterocycles. The van der Waals surface area contributed by atoms with Gasteiger partial charge in [0.25, 0.3) is 0 Å². The number of aliphatic imine (C=N–C) groups is 1. The summed E-state index contributed by atoms with van der Waals surface area (Å²) in [6.45, 7) is 27.2. The molecule has 0 saturated heterocycles. The molecular formula is C31H48ClGeN3. The molecule has 0 aromatic heterocycles. The van der Waals surface area contributed by atoms with Crippen LogP contribution in [0.15, 0.2) is 41.4 Å². The van der Waals surface area contributed by atoms with Gasteiger partial charge in [0.1, 0.15) is 0 Å². The summed E-state index contributed by atoms with van der Waals surface area (Å²) in [5.74, 6) is 2.52. The van der Waals surface area contributed by atoms with Crippen LogP contribution in [0.1, 0.15) is 129 Å². The second kappa shape index (κ2) is 13.4. The first-order chi connectivity index (χ1) is 16.8. The molecule has 0 atom stereocenters. The van der Waals surface area contributed by atoms with Crippen LogP contribution in [-0.2, 0) is 0 Å². The van der Waals surface area contributed by atoms with Crippen molar-refractivity contribution in [2.75, 3.05) is 3.86 Å². The second-order valence-corrected chi connectivity index (χ2v) is 13.8. The van der Waals surface area contributed by atoms with E-state index in [1.165, 1.54) is 27.9 Å². The Morgan fingerprint density at radius 1 is 0.639 bits per heavy atom. The molecule has 0 amide bonds. The molecule has 2 aromatic carbocycles. The molecule has 0 aliphatic rings. The van der Waals surface area contributed by atoms with Crippen molar-refractivity contribution >= 4 is 42.1 Å². The Morgan fingerprint density at radius 2 is 1.00 bits per heavy atom. The topological polar surface area (TPSA) is 18.8 Å². The van der Waals surface area contributed by atoms with Crippen LogP contribution in [0.25, 0.3) is 0 Å². The number of para-hydroxylation sites is 2. The van der Waals surface area contributed by atoms with Gasteiger partial charge >= 0.3 is 233 Å². The monoisotopic (exact) mass is 571 g/mol. The van der Waals surface area contributed by atoms with E-state index in [2.05, 4.69) is 128 Å². The first-order valence-corrected chi connectivity index (χ1v) is 17.3. The Balaban J connectivity index is 3.04. The summed E-state index contributed by atoms with van der Waals surface area (Å²) in [7, 11) is 7.02. The number of guanidine groups is 1. The molecule has 198 valence electrons. The van der Waals surface area contributed by atoms with E-state index in [0.717, 1.165) is 11.6 Å². The van der Waals surface area contributed by atoms with E-state index in [4.69, 9.17) is 15.0 Å². The van der Waals surface area contributed by atoms with E-state index < -0.39 is 14.7 Å². The summed E-state index contributed by atoms with van der Waals surface area (Å²) in [4.78, 5) is 8.06. The average Bonchev–Trinajstić information content (AvgIpc) is 2.78. The number of benzene rings is 2. The van der Waals surface area contributed by atoms with Crippen LogP contribution in [0.3, 0.4) is 0 Å². The van der Waals surface area contributed by atoms with Crippen molar-refractivity contribution in [1.29, 1.82) is 0 Å². The van der Waals surface area contributed by atoms with Crippen LogP contribution in [0.2, 0.25) is 0 Å². The quantitative estimate of drug-likeness (QED) is 0.170. The summed E-state index contributed by atoms with van der Waals surface area (Å²) < 4.78 is 2.40. The first-order valence-electron chi connectivity index (χ1n) is 13.6. The van der Waals surface area contributed by atoms with Crippen LogP contribution in [0.5, 0.6) is 0 Å². The van der Waals surface area contributed by atoms with Gasteiger partial charge in [0.2, 0.25) is 0 Å². The van der Waals surface area contributed by atoms with Gasteiger partial charge in [-0.3, -0.25) is 0 Å². The molecule has 0 N–H and O–H groups in total. The fourth-order valence-electron chi connectivity index (χ4n) is 4.97. The van der Waals surface area contributed by atoms with E-state index >= 15 is 0 Å². The van der Waals surface area contributed by atoms with Gasteiger partial charge < -0.3 is 0 Å². The van der Waals surface area contributed by atoms with Crippen LogP contribution in [0.4, 0.5) is 11.4 Å². The van der Waals surface area contributed by atoms with E-state index in [1.54, 1.807) is 0 Å². The number of hydrogen-bond donors (Lipinski definition) is 0. The third kappa shape index (κ3) is 6.89. The molecule has 0 heterocycles. The van der Waals surface area contributed by atoms with E-state index in [9.17, 15) is 0 Å². The van der Waals surface area contributed by atoms with E-state index in [1.807, 2.05) is 0 Å². The summed E-state index contributed by atoms with van der Waals surface area (Å²) in [5.41, 5.74) is 7.64. The summed E-state index contributed by atoms with van der Waals surface area (Å²) in [5, 5.41) is 0. The zero-order valence-corrected chi connectivity index (χ0v) is 27.5. The molecule has 0 bridgehead atoms. The zero-order chi connectivity index (χ0) is 27.3. The molecule has 2 radical (unpaired) electrons. The molecule has 3 nitrogen and oxygen atoms in total. The van der Waals surface area contributed by atoms with Crippen molar-refractivity contribution in [3.63, 3.8) is 0 Å². The van der Waals surface area contributed by atoms with Crippen LogP contribution >= 0.6 is 10.0 Å². The predicted molar refractivity (Wildman–Crippen MR) is 163 cm³/mol. The molecular weight excluding hydrogens is 522 g/mol. The first kappa shape index (κ1) is 30.8. The fourth-order valence-corrected chi connectivity index (χ4v) is 7.03. The summed E-state index contributed by atoms with van der Waals surface area (Å²) in [6.07, 6.45) is 0. The minimum absolute atomic E-state index is 0.281. The van der Waals surface area contributed by atoms with Crippen LogP contribution in [0, 0.1) is 0 Å². The SMILES string of the molecule is CC(C)c1cccc(C(C)C)c1N=C([N]([Ge][Cl])c1c(C(C)C)cccc1C(C)C)N(C(C)C)C(C)C. The molecule has 0 fully saturated rings. The summed E-state index contributed by atoms with van der Waals surface area (Å²) >= 11 is -1.03. The zero-order valence-electron chi connectivity index (χ0n) is 24.6. The van der Waals surface area contributed by atoms with Crippen molar-refractivity contribution in [2.24, 2.45) is 4.99 Å². The standard InChI is InChI=1S/C31H48ClGeN3/c1-19(2)25-15-13-16-26(20(3)4)29(25)34-31(35(23(9)10)24(11)12)36(33-32)30-27(21(5)6)17-14-18-28(30)22(7)8/h13-24H,1-12H3. The maximum absolute atomic E-state index is 7.02. The average molecular weight is 571 g/mol. The van der Waals surface area contributed by atoms with Crippen molar-refractivity contribution < 1.29 is 0 Å². The molecule has 2 aromatic rings. The number of halogens is 1. The molecule has 0 unspecified atom stereocenters. The number of rotatable bonds is 9. The molecule has 5 heteroatoms. The predicted octanol–water partition coefficient (Wildman–Crippen LogP) is 9.57. The Kier molecular flexibility index (Phi) is 11.4. The molecule has 2 rings (SSSR count). The van der Waals surface area contributed by atoms with Crippen LogP contribution in [-0.4, -0.2) is 37.7 Å². The van der Waals surface area contributed by atoms with Gasteiger partial charge in [-0.25, -0.2) is 0 Å². The van der Waals surface area contributed by atoms with Crippen molar-refractivity contribution in [3.8, 4) is 0 Å². The molecule has 36 heavy (non-hydrogen) atoms. The Morgan fingerprint density at radius 3 is 1.31 bits per heavy atom. The van der Waals surface area contributed by atoms with Gasteiger partial charge in [-0.2, -0.15) is 0 Å². The van der Waals surface area contributed by atoms with Gasteiger partial charge in [0.05, 0.1) is 0 Å². The molecule has 0 spiro atoms. The van der Waals surface area contributed by atoms with E-state index in [0.29, 0.717) is 23.7 Å². The van der Waals surface area contributed by atoms with Crippen molar-refractivity contribution in [1.82, 2.24) is 4.90 Å².